The Morgan fingerprint density at radius 1 is 1.64 bits per heavy atom. The number of aliphatic hydroxyl groups excluding tert-OH is 1. The highest BCUT2D eigenvalue weighted by atomic mass is 35.5. The standard InChI is InChI=1S/C10H13ClN2O/c1-13-3-2-8-9(5-13)12-4-7(6-14)10(8)11/h4,14H,2-3,5-6H2,1H3. The molecule has 0 saturated heterocycles. The smallest absolute Gasteiger partial charge is 0.0711 e. The number of hydrogen-bond acceptors (Lipinski definition) is 3. The molecule has 3 nitrogen and oxygen atoms in total. The molecule has 76 valence electrons. The lowest BCUT2D eigenvalue weighted by atomic mass is 10.0. The van der Waals surface area contributed by atoms with Gasteiger partial charge in [-0.15, -0.1) is 0 Å². The van der Waals surface area contributed by atoms with E-state index in [1.807, 2.05) is 0 Å². The van der Waals surface area contributed by atoms with Gasteiger partial charge in [-0.05, 0) is 19.0 Å². The molecular weight excluding hydrogens is 200 g/mol. The molecule has 0 radical (unpaired) electrons. The number of halogens is 1. The lowest BCUT2D eigenvalue weighted by Crippen LogP contribution is -2.27. The van der Waals surface area contributed by atoms with Crippen LogP contribution in [0.1, 0.15) is 16.8 Å². The third kappa shape index (κ3) is 1.63. The summed E-state index contributed by atoms with van der Waals surface area (Å²) < 4.78 is 0. The molecule has 0 bridgehead atoms. The summed E-state index contributed by atoms with van der Waals surface area (Å²) in [6, 6.07) is 0. The molecule has 2 heterocycles. The minimum absolute atomic E-state index is 0.0328. The largest absolute Gasteiger partial charge is 0.392 e. The van der Waals surface area contributed by atoms with Gasteiger partial charge in [-0.25, -0.2) is 0 Å². The highest BCUT2D eigenvalue weighted by molar-refractivity contribution is 6.32. The van der Waals surface area contributed by atoms with Crippen LogP contribution in [0.4, 0.5) is 0 Å². The van der Waals surface area contributed by atoms with Gasteiger partial charge < -0.3 is 10.0 Å². The van der Waals surface area contributed by atoms with E-state index in [0.717, 1.165) is 36.3 Å². The first-order valence-electron chi connectivity index (χ1n) is 4.67. The van der Waals surface area contributed by atoms with Gasteiger partial charge in [0.2, 0.25) is 0 Å². The second-order valence-corrected chi connectivity index (χ2v) is 4.05. The topological polar surface area (TPSA) is 36.4 Å². The molecule has 0 atom stereocenters. The molecular formula is C10H13ClN2O. The Hall–Kier alpha value is -0.640. The van der Waals surface area contributed by atoms with Crippen molar-refractivity contribution in [2.24, 2.45) is 0 Å². The van der Waals surface area contributed by atoms with Crippen molar-refractivity contribution >= 4 is 11.6 Å². The zero-order chi connectivity index (χ0) is 10.1. The maximum atomic E-state index is 9.04. The van der Waals surface area contributed by atoms with Crippen molar-refractivity contribution < 1.29 is 5.11 Å². The van der Waals surface area contributed by atoms with Crippen LogP contribution in [0, 0.1) is 0 Å². The van der Waals surface area contributed by atoms with Crippen LogP contribution in [0.5, 0.6) is 0 Å². The van der Waals surface area contributed by atoms with Crippen molar-refractivity contribution in [2.45, 2.75) is 19.6 Å². The van der Waals surface area contributed by atoms with Gasteiger partial charge in [0.15, 0.2) is 0 Å². The first-order chi connectivity index (χ1) is 6.72. The molecule has 0 amide bonds. The number of fused-ring (bicyclic) bond motifs is 1. The Kier molecular flexibility index (Phi) is 2.72. The van der Waals surface area contributed by atoms with E-state index in [0.29, 0.717) is 5.02 Å². The lowest BCUT2D eigenvalue weighted by molar-refractivity contribution is 0.279. The van der Waals surface area contributed by atoms with Crippen molar-refractivity contribution in [2.75, 3.05) is 13.6 Å². The van der Waals surface area contributed by atoms with Crippen molar-refractivity contribution in [3.05, 3.63) is 28.0 Å². The molecule has 0 saturated carbocycles. The third-order valence-electron chi connectivity index (χ3n) is 2.60. The number of rotatable bonds is 1. The van der Waals surface area contributed by atoms with E-state index in [1.54, 1.807) is 6.20 Å². The lowest BCUT2D eigenvalue weighted by Gasteiger charge is -2.25. The van der Waals surface area contributed by atoms with Crippen molar-refractivity contribution in [3.63, 3.8) is 0 Å². The fraction of sp³-hybridized carbons (Fsp3) is 0.500. The Bertz CT molecular complexity index is 354. The van der Waals surface area contributed by atoms with Crippen LogP contribution in [0.25, 0.3) is 0 Å². The molecule has 1 aliphatic rings. The van der Waals surface area contributed by atoms with Gasteiger partial charge in [0.1, 0.15) is 0 Å². The number of pyridine rings is 1. The molecule has 2 rings (SSSR count). The predicted octanol–water partition coefficient (Wildman–Crippen LogP) is 1.22. The molecule has 0 unspecified atom stereocenters. The fourth-order valence-electron chi connectivity index (χ4n) is 1.75. The van der Waals surface area contributed by atoms with Crippen molar-refractivity contribution in [1.82, 2.24) is 9.88 Å². The number of hydrogen-bond donors (Lipinski definition) is 1. The van der Waals surface area contributed by atoms with Crippen LogP contribution >= 0.6 is 11.6 Å². The van der Waals surface area contributed by atoms with E-state index >= 15 is 0 Å². The van der Waals surface area contributed by atoms with E-state index in [1.165, 1.54) is 0 Å². The molecule has 0 fully saturated rings. The van der Waals surface area contributed by atoms with E-state index in [2.05, 4.69) is 16.9 Å². The van der Waals surface area contributed by atoms with Crippen LogP contribution in [0.15, 0.2) is 6.20 Å². The quantitative estimate of drug-likeness (QED) is 0.761. The molecule has 0 spiro atoms. The third-order valence-corrected chi connectivity index (χ3v) is 3.08. The van der Waals surface area contributed by atoms with Gasteiger partial charge in [0.05, 0.1) is 17.3 Å². The zero-order valence-corrected chi connectivity index (χ0v) is 8.88. The SMILES string of the molecule is CN1CCc2c(ncc(CO)c2Cl)C1. The summed E-state index contributed by atoms with van der Waals surface area (Å²) in [4.78, 5) is 6.53. The summed E-state index contributed by atoms with van der Waals surface area (Å²) in [5, 5.41) is 9.74. The molecule has 4 heteroatoms. The molecule has 1 N–H and O–H groups in total. The Balaban J connectivity index is 2.43. The summed E-state index contributed by atoms with van der Waals surface area (Å²) in [6.07, 6.45) is 2.59. The van der Waals surface area contributed by atoms with Crippen LogP contribution in [0.3, 0.4) is 0 Å². The average Bonchev–Trinajstić information content (AvgIpc) is 2.18. The van der Waals surface area contributed by atoms with Gasteiger partial charge in [0, 0.05) is 24.8 Å². The molecule has 1 aromatic heterocycles. The minimum atomic E-state index is -0.0328. The van der Waals surface area contributed by atoms with E-state index in [9.17, 15) is 0 Å². The van der Waals surface area contributed by atoms with Gasteiger partial charge in [0.25, 0.3) is 0 Å². The van der Waals surface area contributed by atoms with Gasteiger partial charge >= 0.3 is 0 Å². The number of aliphatic hydroxyl groups is 1. The van der Waals surface area contributed by atoms with Crippen LogP contribution in [-0.4, -0.2) is 28.6 Å². The van der Waals surface area contributed by atoms with Gasteiger partial charge in [-0.1, -0.05) is 11.6 Å². The van der Waals surface area contributed by atoms with E-state index in [-0.39, 0.29) is 6.61 Å². The van der Waals surface area contributed by atoms with Crippen LogP contribution < -0.4 is 0 Å². The molecule has 1 aromatic rings. The maximum absolute atomic E-state index is 9.04. The summed E-state index contributed by atoms with van der Waals surface area (Å²) in [6.45, 7) is 1.82. The molecule has 1 aliphatic heterocycles. The normalized spacial score (nSPS) is 16.8. The predicted molar refractivity (Wildman–Crippen MR) is 55.2 cm³/mol. The minimum Gasteiger partial charge on any atom is -0.392 e. The van der Waals surface area contributed by atoms with Crippen LogP contribution in [-0.2, 0) is 19.6 Å². The number of likely N-dealkylation sites (N-methyl/N-ethyl adjacent to an activating group) is 1. The number of nitrogens with zero attached hydrogens (tertiary/aromatic N) is 2. The average molecular weight is 213 g/mol. The number of aromatic nitrogens is 1. The Morgan fingerprint density at radius 3 is 3.14 bits per heavy atom. The Morgan fingerprint density at radius 2 is 2.43 bits per heavy atom. The monoisotopic (exact) mass is 212 g/mol. The molecule has 0 aliphatic carbocycles. The maximum Gasteiger partial charge on any atom is 0.0711 e. The van der Waals surface area contributed by atoms with Gasteiger partial charge in [-0.3, -0.25) is 4.98 Å². The van der Waals surface area contributed by atoms with Crippen LogP contribution in [0.2, 0.25) is 5.02 Å². The van der Waals surface area contributed by atoms with Gasteiger partial charge in [-0.2, -0.15) is 0 Å². The summed E-state index contributed by atoms with van der Waals surface area (Å²) >= 11 is 6.16. The second-order valence-electron chi connectivity index (χ2n) is 3.67. The van der Waals surface area contributed by atoms with E-state index < -0.39 is 0 Å². The van der Waals surface area contributed by atoms with Crippen molar-refractivity contribution in [3.8, 4) is 0 Å². The zero-order valence-electron chi connectivity index (χ0n) is 8.13. The molecule has 0 aromatic carbocycles. The van der Waals surface area contributed by atoms with E-state index in [4.69, 9.17) is 16.7 Å². The molecule has 14 heavy (non-hydrogen) atoms. The van der Waals surface area contributed by atoms with Crippen molar-refractivity contribution in [1.29, 1.82) is 0 Å². The first kappa shape index (κ1) is 9.90. The second kappa shape index (κ2) is 3.85. The fourth-order valence-corrected chi connectivity index (χ4v) is 2.06. The highest BCUT2D eigenvalue weighted by Crippen LogP contribution is 2.27. The summed E-state index contributed by atoms with van der Waals surface area (Å²) in [7, 11) is 2.07. The summed E-state index contributed by atoms with van der Waals surface area (Å²) in [5.74, 6) is 0. The first-order valence-corrected chi connectivity index (χ1v) is 5.04. The highest BCUT2D eigenvalue weighted by Gasteiger charge is 2.18. The summed E-state index contributed by atoms with van der Waals surface area (Å²) in [5.41, 5.74) is 2.88. The Labute approximate surface area is 88.3 Å².